The molecule has 1 unspecified atom stereocenters. The van der Waals surface area contributed by atoms with Crippen molar-refractivity contribution in [1.82, 2.24) is 10.3 Å². The summed E-state index contributed by atoms with van der Waals surface area (Å²) in [5.74, 6) is 0. The summed E-state index contributed by atoms with van der Waals surface area (Å²) in [5.41, 5.74) is 3.71. The van der Waals surface area contributed by atoms with E-state index in [2.05, 4.69) is 50.4 Å². The van der Waals surface area contributed by atoms with Crippen molar-refractivity contribution in [2.45, 2.75) is 39.7 Å². The summed E-state index contributed by atoms with van der Waals surface area (Å²) >= 11 is 1.77. The summed E-state index contributed by atoms with van der Waals surface area (Å²) in [5, 5.41) is 14.1. The lowest BCUT2D eigenvalue weighted by molar-refractivity contribution is 0.205. The Kier molecular flexibility index (Phi) is 4.35. The molecule has 0 saturated heterocycles. The number of aryl methyl sites for hydroxylation is 2. The van der Waals surface area contributed by atoms with Gasteiger partial charge in [-0.25, -0.2) is 4.98 Å². The molecule has 1 aromatic carbocycles. The zero-order chi connectivity index (χ0) is 15.7. The van der Waals surface area contributed by atoms with Crippen molar-refractivity contribution < 1.29 is 5.11 Å². The lowest BCUT2D eigenvalue weighted by Gasteiger charge is -2.17. The van der Waals surface area contributed by atoms with E-state index >= 15 is 0 Å². The molecule has 4 heteroatoms. The van der Waals surface area contributed by atoms with Crippen LogP contribution >= 0.6 is 11.3 Å². The SMILES string of the molecule is Cc1ccc(-c2nc(C)c(C(C)NCC3(CO)CC3)s2)cc1. The molecule has 1 fully saturated rings. The van der Waals surface area contributed by atoms with Crippen molar-refractivity contribution in [3.05, 3.63) is 40.4 Å². The number of aromatic nitrogens is 1. The molecule has 0 bridgehead atoms. The van der Waals surface area contributed by atoms with Gasteiger partial charge >= 0.3 is 0 Å². The van der Waals surface area contributed by atoms with Crippen LogP contribution in [-0.2, 0) is 0 Å². The average Bonchev–Trinajstić information content (AvgIpc) is 3.21. The largest absolute Gasteiger partial charge is 0.396 e. The van der Waals surface area contributed by atoms with E-state index in [9.17, 15) is 5.11 Å². The van der Waals surface area contributed by atoms with Crippen molar-refractivity contribution in [2.75, 3.05) is 13.2 Å². The van der Waals surface area contributed by atoms with Crippen molar-refractivity contribution in [3.8, 4) is 10.6 Å². The fourth-order valence-electron chi connectivity index (χ4n) is 2.66. The van der Waals surface area contributed by atoms with Crippen LogP contribution in [-0.4, -0.2) is 23.2 Å². The zero-order valence-corrected chi connectivity index (χ0v) is 14.3. The van der Waals surface area contributed by atoms with Crippen LogP contribution in [0.3, 0.4) is 0 Å². The maximum atomic E-state index is 9.42. The normalized spacial score (nSPS) is 17.5. The highest BCUT2D eigenvalue weighted by molar-refractivity contribution is 7.15. The highest BCUT2D eigenvalue weighted by atomic mass is 32.1. The second-order valence-corrected chi connectivity index (χ2v) is 7.63. The van der Waals surface area contributed by atoms with E-state index in [1.54, 1.807) is 11.3 Å². The number of nitrogens with zero attached hydrogens (tertiary/aromatic N) is 1. The number of thiazole rings is 1. The predicted octanol–water partition coefficient (Wildman–Crippen LogP) is 3.85. The van der Waals surface area contributed by atoms with E-state index in [4.69, 9.17) is 4.98 Å². The first-order valence-electron chi connectivity index (χ1n) is 7.92. The van der Waals surface area contributed by atoms with Crippen LogP contribution < -0.4 is 5.32 Å². The van der Waals surface area contributed by atoms with E-state index in [1.807, 2.05) is 0 Å². The van der Waals surface area contributed by atoms with Crippen LogP contribution in [0.25, 0.3) is 10.6 Å². The van der Waals surface area contributed by atoms with E-state index in [1.165, 1.54) is 16.0 Å². The fraction of sp³-hybridized carbons (Fsp3) is 0.500. The minimum atomic E-state index is 0.145. The van der Waals surface area contributed by atoms with Gasteiger partial charge in [0.2, 0.25) is 0 Å². The lowest BCUT2D eigenvalue weighted by atomic mass is 10.1. The molecule has 22 heavy (non-hydrogen) atoms. The van der Waals surface area contributed by atoms with Gasteiger partial charge < -0.3 is 10.4 Å². The summed E-state index contributed by atoms with van der Waals surface area (Å²) in [6.07, 6.45) is 2.28. The standard InChI is InChI=1S/C18H24N2OS/c1-12-4-6-15(7-5-12)17-20-14(3)16(22-17)13(2)19-10-18(11-21)8-9-18/h4-7,13,19,21H,8-11H2,1-3H3. The Balaban J connectivity index is 1.72. The predicted molar refractivity (Wildman–Crippen MR) is 92.2 cm³/mol. The van der Waals surface area contributed by atoms with Gasteiger partial charge in [-0.1, -0.05) is 29.8 Å². The molecule has 0 radical (unpaired) electrons. The molecule has 2 aromatic rings. The Hall–Kier alpha value is -1.23. The molecule has 1 atom stereocenters. The topological polar surface area (TPSA) is 45.2 Å². The maximum Gasteiger partial charge on any atom is 0.123 e. The highest BCUT2D eigenvalue weighted by Gasteiger charge is 2.41. The van der Waals surface area contributed by atoms with Gasteiger partial charge in [-0.05, 0) is 33.6 Å². The number of nitrogens with one attached hydrogen (secondary N) is 1. The quantitative estimate of drug-likeness (QED) is 0.851. The van der Waals surface area contributed by atoms with Gasteiger partial charge in [-0.3, -0.25) is 0 Å². The van der Waals surface area contributed by atoms with Crippen LogP contribution in [0.4, 0.5) is 0 Å². The monoisotopic (exact) mass is 316 g/mol. The Morgan fingerprint density at radius 2 is 1.95 bits per heavy atom. The Morgan fingerprint density at radius 1 is 1.27 bits per heavy atom. The fourth-order valence-corrected chi connectivity index (χ4v) is 3.76. The molecular weight excluding hydrogens is 292 g/mol. The van der Waals surface area contributed by atoms with Gasteiger partial charge in [0.05, 0.1) is 5.69 Å². The Labute approximate surface area is 136 Å². The number of aliphatic hydroxyl groups is 1. The van der Waals surface area contributed by atoms with Crippen molar-refractivity contribution >= 4 is 11.3 Å². The van der Waals surface area contributed by atoms with Gasteiger partial charge in [-0.2, -0.15) is 0 Å². The third-order valence-electron chi connectivity index (χ3n) is 4.60. The second-order valence-electron chi connectivity index (χ2n) is 6.60. The smallest absolute Gasteiger partial charge is 0.123 e. The molecule has 2 N–H and O–H groups in total. The van der Waals surface area contributed by atoms with Gasteiger partial charge in [0.1, 0.15) is 5.01 Å². The zero-order valence-electron chi connectivity index (χ0n) is 13.5. The summed E-state index contributed by atoms with van der Waals surface area (Å²) < 4.78 is 0. The summed E-state index contributed by atoms with van der Waals surface area (Å²) in [4.78, 5) is 6.04. The van der Waals surface area contributed by atoms with Crippen LogP contribution in [0.2, 0.25) is 0 Å². The van der Waals surface area contributed by atoms with Crippen molar-refractivity contribution in [3.63, 3.8) is 0 Å². The van der Waals surface area contributed by atoms with Gasteiger partial charge in [0.15, 0.2) is 0 Å². The Bertz CT molecular complexity index is 644. The first-order valence-corrected chi connectivity index (χ1v) is 8.73. The molecule has 3 rings (SSSR count). The van der Waals surface area contributed by atoms with Gasteiger partial charge in [0, 0.05) is 35.0 Å². The third-order valence-corrected chi connectivity index (χ3v) is 5.99. The van der Waals surface area contributed by atoms with Crippen LogP contribution in [0.5, 0.6) is 0 Å². The second kappa shape index (κ2) is 6.11. The molecule has 1 heterocycles. The molecule has 0 aliphatic heterocycles. The Morgan fingerprint density at radius 3 is 2.55 bits per heavy atom. The van der Waals surface area contributed by atoms with E-state index in [-0.39, 0.29) is 11.5 Å². The van der Waals surface area contributed by atoms with Crippen LogP contribution in [0.15, 0.2) is 24.3 Å². The molecule has 0 amide bonds. The molecule has 1 saturated carbocycles. The third kappa shape index (κ3) is 3.24. The molecule has 1 aliphatic carbocycles. The molecule has 1 aromatic heterocycles. The number of aliphatic hydroxyl groups excluding tert-OH is 1. The number of hydrogen-bond acceptors (Lipinski definition) is 4. The van der Waals surface area contributed by atoms with Crippen molar-refractivity contribution in [1.29, 1.82) is 0 Å². The summed E-state index contributed by atoms with van der Waals surface area (Å²) in [7, 11) is 0. The molecule has 118 valence electrons. The van der Waals surface area contributed by atoms with Crippen LogP contribution in [0.1, 0.15) is 41.9 Å². The minimum absolute atomic E-state index is 0.145. The first kappa shape index (κ1) is 15.7. The van der Waals surface area contributed by atoms with E-state index < -0.39 is 0 Å². The van der Waals surface area contributed by atoms with E-state index in [0.717, 1.165) is 30.1 Å². The van der Waals surface area contributed by atoms with Crippen LogP contribution in [0, 0.1) is 19.3 Å². The molecule has 0 spiro atoms. The summed E-state index contributed by atoms with van der Waals surface area (Å²) in [6, 6.07) is 8.82. The first-order chi connectivity index (χ1) is 10.5. The number of rotatable bonds is 6. The van der Waals surface area contributed by atoms with Gasteiger partial charge in [0.25, 0.3) is 0 Å². The van der Waals surface area contributed by atoms with Crippen molar-refractivity contribution in [2.24, 2.45) is 5.41 Å². The minimum Gasteiger partial charge on any atom is -0.396 e. The maximum absolute atomic E-state index is 9.42. The molecule has 1 aliphatic rings. The number of hydrogen-bond donors (Lipinski definition) is 2. The highest BCUT2D eigenvalue weighted by Crippen LogP contribution is 2.44. The average molecular weight is 316 g/mol. The molecule has 3 nitrogen and oxygen atoms in total. The number of benzene rings is 1. The summed E-state index contributed by atoms with van der Waals surface area (Å²) in [6.45, 7) is 7.56. The van der Waals surface area contributed by atoms with E-state index in [0.29, 0.717) is 6.61 Å². The van der Waals surface area contributed by atoms with Gasteiger partial charge in [-0.15, -0.1) is 11.3 Å². The molecular formula is C18H24N2OS. The lowest BCUT2D eigenvalue weighted by Crippen LogP contribution is -2.28.